The summed E-state index contributed by atoms with van der Waals surface area (Å²) in [6, 6.07) is 4.96. The van der Waals surface area contributed by atoms with Crippen LogP contribution in [0.4, 0.5) is 9.18 Å². The molecule has 1 aromatic carbocycles. The number of rotatable bonds is 1. The summed E-state index contributed by atoms with van der Waals surface area (Å²) in [6.07, 6.45) is 0.952. The quantitative estimate of drug-likeness (QED) is 0.724. The summed E-state index contributed by atoms with van der Waals surface area (Å²) in [6.45, 7) is 5.32. The Hall–Kier alpha value is -1.36. The number of halogens is 2. The van der Waals surface area contributed by atoms with Crippen molar-refractivity contribution in [3.8, 4) is 0 Å². The van der Waals surface area contributed by atoms with Gasteiger partial charge in [-0.15, -0.1) is 0 Å². The van der Waals surface area contributed by atoms with Crippen LogP contribution in [0, 0.1) is 5.82 Å². The third kappa shape index (κ3) is 2.97. The van der Waals surface area contributed by atoms with E-state index in [0.717, 1.165) is 5.56 Å². The van der Waals surface area contributed by atoms with Crippen molar-refractivity contribution >= 4 is 32.9 Å². The fourth-order valence-electron chi connectivity index (χ4n) is 1.83. The van der Waals surface area contributed by atoms with Gasteiger partial charge in [-0.1, -0.05) is 15.9 Å². The first-order chi connectivity index (χ1) is 8.81. The second-order valence-electron chi connectivity index (χ2n) is 5.32. The van der Waals surface area contributed by atoms with Crippen LogP contribution < -0.4 is 0 Å². The van der Waals surface area contributed by atoms with Crippen molar-refractivity contribution in [3.05, 3.63) is 35.8 Å². The first kappa shape index (κ1) is 14.1. The fraction of sp³-hybridized carbons (Fsp3) is 0.357. The Morgan fingerprint density at radius 3 is 2.68 bits per heavy atom. The van der Waals surface area contributed by atoms with Crippen LogP contribution in [-0.2, 0) is 10.1 Å². The Morgan fingerprint density at radius 2 is 2.11 bits per heavy atom. The van der Waals surface area contributed by atoms with Crippen molar-refractivity contribution in [2.75, 3.05) is 0 Å². The topological polar surface area (TPSA) is 31.2 Å². The molecule has 0 unspecified atom stereocenters. The van der Waals surface area contributed by atoms with Gasteiger partial charge in [0.05, 0.1) is 5.52 Å². The highest BCUT2D eigenvalue weighted by Crippen LogP contribution is 2.23. The lowest BCUT2D eigenvalue weighted by molar-refractivity contribution is 0.0543. The summed E-state index contributed by atoms with van der Waals surface area (Å²) in [4.78, 5) is 12.0. The molecule has 1 aromatic heterocycles. The minimum atomic E-state index is -0.611. The summed E-state index contributed by atoms with van der Waals surface area (Å²) >= 11 is 3.29. The molecule has 2 rings (SSSR count). The van der Waals surface area contributed by atoms with Crippen molar-refractivity contribution in [1.29, 1.82) is 0 Å². The van der Waals surface area contributed by atoms with Crippen molar-refractivity contribution < 1.29 is 13.9 Å². The molecule has 0 saturated heterocycles. The van der Waals surface area contributed by atoms with E-state index in [1.807, 2.05) is 6.07 Å². The summed E-state index contributed by atoms with van der Waals surface area (Å²) in [5.41, 5.74) is 0.464. The number of carbonyl (C=O) groups is 1. The number of hydrogen-bond donors (Lipinski definition) is 0. The standard InChI is InChI=1S/C14H15BrFNO2/c1-14(2,3)19-13(18)17-5-4-10-6-9(8-15)7-11(16)12(10)17/h4-7H,8H2,1-3H3. The van der Waals surface area contributed by atoms with Gasteiger partial charge in [0.15, 0.2) is 0 Å². The van der Waals surface area contributed by atoms with Crippen molar-refractivity contribution in [1.82, 2.24) is 4.57 Å². The van der Waals surface area contributed by atoms with Crippen LogP contribution in [0.3, 0.4) is 0 Å². The first-order valence-corrected chi connectivity index (χ1v) is 7.03. The minimum Gasteiger partial charge on any atom is -0.443 e. The molecule has 0 aliphatic heterocycles. The molecule has 0 bridgehead atoms. The number of ether oxygens (including phenoxy) is 1. The number of carbonyl (C=O) groups excluding carboxylic acids is 1. The maximum absolute atomic E-state index is 14.1. The number of aromatic nitrogens is 1. The van der Waals surface area contributed by atoms with Gasteiger partial charge in [-0.05, 0) is 44.5 Å². The van der Waals surface area contributed by atoms with E-state index in [2.05, 4.69) is 15.9 Å². The zero-order chi connectivity index (χ0) is 14.2. The van der Waals surface area contributed by atoms with Gasteiger partial charge in [0, 0.05) is 16.9 Å². The van der Waals surface area contributed by atoms with Crippen LogP contribution in [-0.4, -0.2) is 16.3 Å². The van der Waals surface area contributed by atoms with Crippen LogP contribution in [0.5, 0.6) is 0 Å². The van der Waals surface area contributed by atoms with E-state index in [1.54, 1.807) is 26.8 Å². The van der Waals surface area contributed by atoms with E-state index in [1.165, 1.54) is 16.8 Å². The Kier molecular flexibility index (Phi) is 3.67. The number of benzene rings is 1. The Bertz CT molecular complexity index is 628. The highest BCUT2D eigenvalue weighted by molar-refractivity contribution is 9.08. The van der Waals surface area contributed by atoms with E-state index in [9.17, 15) is 9.18 Å². The van der Waals surface area contributed by atoms with Gasteiger partial charge in [-0.25, -0.2) is 13.8 Å². The van der Waals surface area contributed by atoms with Crippen LogP contribution in [0.1, 0.15) is 26.3 Å². The highest BCUT2D eigenvalue weighted by atomic mass is 79.9. The van der Waals surface area contributed by atoms with E-state index in [-0.39, 0.29) is 5.52 Å². The predicted octanol–water partition coefficient (Wildman–Crippen LogP) is 4.46. The molecule has 0 fully saturated rings. The number of hydrogen-bond acceptors (Lipinski definition) is 2. The largest absolute Gasteiger partial charge is 0.443 e. The first-order valence-electron chi connectivity index (χ1n) is 5.90. The van der Waals surface area contributed by atoms with Crippen LogP contribution >= 0.6 is 15.9 Å². The molecule has 2 aromatic rings. The lowest BCUT2D eigenvalue weighted by Crippen LogP contribution is -2.26. The average Bonchev–Trinajstić information content (AvgIpc) is 2.70. The average molecular weight is 328 g/mol. The van der Waals surface area contributed by atoms with Crippen LogP contribution in [0.25, 0.3) is 10.9 Å². The molecule has 0 radical (unpaired) electrons. The van der Waals surface area contributed by atoms with Gasteiger partial charge in [0.1, 0.15) is 11.4 Å². The number of nitrogens with zero attached hydrogens (tertiary/aromatic N) is 1. The summed E-state index contributed by atoms with van der Waals surface area (Å²) in [5.74, 6) is -0.428. The van der Waals surface area contributed by atoms with Gasteiger partial charge < -0.3 is 4.74 Å². The molecular formula is C14H15BrFNO2. The molecule has 0 saturated carbocycles. The zero-order valence-corrected chi connectivity index (χ0v) is 12.6. The number of fused-ring (bicyclic) bond motifs is 1. The van der Waals surface area contributed by atoms with Crippen LogP contribution in [0.15, 0.2) is 24.4 Å². The summed E-state index contributed by atoms with van der Waals surface area (Å²) < 4.78 is 20.5. The molecule has 3 nitrogen and oxygen atoms in total. The van der Waals surface area contributed by atoms with Crippen molar-refractivity contribution in [3.63, 3.8) is 0 Å². The molecule has 5 heteroatoms. The molecule has 0 spiro atoms. The summed E-state index contributed by atoms with van der Waals surface area (Å²) in [7, 11) is 0. The van der Waals surface area contributed by atoms with E-state index in [0.29, 0.717) is 10.7 Å². The van der Waals surface area contributed by atoms with Gasteiger partial charge in [-0.2, -0.15) is 0 Å². The number of alkyl halides is 1. The molecule has 19 heavy (non-hydrogen) atoms. The van der Waals surface area contributed by atoms with Gasteiger partial charge in [0.2, 0.25) is 0 Å². The molecule has 0 atom stereocenters. The third-order valence-corrected chi connectivity index (χ3v) is 3.19. The fourth-order valence-corrected chi connectivity index (χ4v) is 2.15. The lowest BCUT2D eigenvalue weighted by Gasteiger charge is -2.19. The maximum atomic E-state index is 14.1. The SMILES string of the molecule is CC(C)(C)OC(=O)n1ccc2cc(CBr)cc(F)c21. The minimum absolute atomic E-state index is 0.249. The predicted molar refractivity (Wildman–Crippen MR) is 76.2 cm³/mol. The van der Waals surface area contributed by atoms with Gasteiger partial charge in [0.25, 0.3) is 0 Å². The second-order valence-corrected chi connectivity index (χ2v) is 5.88. The lowest BCUT2D eigenvalue weighted by atomic mass is 10.2. The Balaban J connectivity index is 2.48. The molecular weight excluding hydrogens is 313 g/mol. The van der Waals surface area contributed by atoms with Gasteiger partial charge >= 0.3 is 6.09 Å². The summed E-state index contributed by atoms with van der Waals surface area (Å²) in [5, 5.41) is 1.25. The Morgan fingerprint density at radius 1 is 1.42 bits per heavy atom. The molecule has 0 amide bonds. The van der Waals surface area contributed by atoms with Crippen molar-refractivity contribution in [2.24, 2.45) is 0 Å². The van der Waals surface area contributed by atoms with E-state index in [4.69, 9.17) is 4.74 Å². The molecule has 102 valence electrons. The van der Waals surface area contributed by atoms with Crippen molar-refractivity contribution in [2.45, 2.75) is 31.7 Å². The second kappa shape index (κ2) is 4.96. The Labute approximate surface area is 119 Å². The molecule has 1 heterocycles. The third-order valence-electron chi connectivity index (χ3n) is 2.54. The maximum Gasteiger partial charge on any atom is 0.419 e. The monoisotopic (exact) mass is 327 g/mol. The van der Waals surface area contributed by atoms with Gasteiger partial charge in [-0.3, -0.25) is 0 Å². The van der Waals surface area contributed by atoms with E-state index >= 15 is 0 Å². The zero-order valence-electron chi connectivity index (χ0n) is 11.0. The molecule has 0 aliphatic carbocycles. The smallest absolute Gasteiger partial charge is 0.419 e. The van der Waals surface area contributed by atoms with Crippen LogP contribution in [0.2, 0.25) is 0 Å². The normalized spacial score (nSPS) is 11.8. The molecule has 0 aliphatic rings. The molecule has 0 N–H and O–H groups in total. The highest BCUT2D eigenvalue weighted by Gasteiger charge is 2.20. The van der Waals surface area contributed by atoms with E-state index < -0.39 is 17.5 Å².